The normalized spacial score (nSPS) is 28.8. The molecular formula is C14H23NO4. The number of rotatable bonds is 3. The van der Waals surface area contributed by atoms with Gasteiger partial charge in [0, 0.05) is 5.54 Å². The molecule has 0 radical (unpaired) electrons. The summed E-state index contributed by atoms with van der Waals surface area (Å²) in [5.41, 5.74) is -0.884. The number of ether oxygens (including phenoxy) is 1. The molecule has 0 aromatic heterocycles. The average Bonchev–Trinajstić information content (AvgIpc) is 2.92. The van der Waals surface area contributed by atoms with Gasteiger partial charge in [-0.1, -0.05) is 12.8 Å². The van der Waals surface area contributed by atoms with Gasteiger partial charge in [0.2, 0.25) is 0 Å². The fourth-order valence-electron chi connectivity index (χ4n) is 3.18. The lowest BCUT2D eigenvalue weighted by Crippen LogP contribution is -2.50. The molecule has 0 unspecified atom stereocenters. The van der Waals surface area contributed by atoms with Gasteiger partial charge in [0.15, 0.2) is 0 Å². The molecule has 0 bridgehead atoms. The molecule has 5 heteroatoms. The van der Waals surface area contributed by atoms with Crippen molar-refractivity contribution in [1.29, 1.82) is 0 Å². The van der Waals surface area contributed by atoms with Crippen LogP contribution in [0.2, 0.25) is 0 Å². The molecule has 19 heavy (non-hydrogen) atoms. The van der Waals surface area contributed by atoms with E-state index in [0.717, 1.165) is 25.7 Å². The topological polar surface area (TPSA) is 75.6 Å². The minimum Gasteiger partial charge on any atom is -0.481 e. The molecular weight excluding hydrogens is 246 g/mol. The van der Waals surface area contributed by atoms with E-state index < -0.39 is 17.7 Å². The summed E-state index contributed by atoms with van der Waals surface area (Å²) in [6.07, 6.45) is 4.05. The molecule has 108 valence electrons. The van der Waals surface area contributed by atoms with Gasteiger partial charge in [-0.3, -0.25) is 4.79 Å². The third kappa shape index (κ3) is 3.19. The van der Waals surface area contributed by atoms with E-state index in [1.54, 1.807) is 0 Å². The molecule has 2 atom stereocenters. The molecule has 2 fully saturated rings. The van der Waals surface area contributed by atoms with E-state index >= 15 is 0 Å². The van der Waals surface area contributed by atoms with Gasteiger partial charge >= 0.3 is 12.1 Å². The number of carbonyl (C=O) groups is 2. The molecule has 2 aliphatic rings. The summed E-state index contributed by atoms with van der Waals surface area (Å²) in [4.78, 5) is 23.0. The first-order chi connectivity index (χ1) is 8.73. The van der Waals surface area contributed by atoms with Gasteiger partial charge in [-0.15, -0.1) is 0 Å². The number of amides is 1. The molecule has 0 aromatic carbocycles. The van der Waals surface area contributed by atoms with E-state index in [-0.39, 0.29) is 17.4 Å². The lowest BCUT2D eigenvalue weighted by molar-refractivity contribution is -0.139. The maximum absolute atomic E-state index is 11.9. The zero-order valence-corrected chi connectivity index (χ0v) is 11.9. The standard InChI is InChI=1S/C14H23NO4/c1-13(2,3)19-12(18)15-14(6-4-5-7-14)10-8-9(10)11(16)17/h9-10H,4-8H2,1-3H3,(H,15,18)(H,16,17)/t9-,10-/m1/s1. The second-order valence-electron chi connectivity index (χ2n) is 6.78. The van der Waals surface area contributed by atoms with Gasteiger partial charge in [0.25, 0.3) is 0 Å². The van der Waals surface area contributed by atoms with Crippen LogP contribution in [0.4, 0.5) is 4.79 Å². The minimum atomic E-state index is -0.748. The largest absolute Gasteiger partial charge is 0.481 e. The van der Waals surface area contributed by atoms with Crippen molar-refractivity contribution >= 4 is 12.1 Å². The minimum absolute atomic E-state index is 0.0695. The molecule has 2 N–H and O–H groups in total. The Hall–Kier alpha value is -1.26. The highest BCUT2D eigenvalue weighted by Crippen LogP contribution is 2.53. The summed E-state index contributed by atoms with van der Waals surface area (Å²) in [5, 5.41) is 12.0. The van der Waals surface area contributed by atoms with Crippen LogP contribution in [-0.2, 0) is 9.53 Å². The fraction of sp³-hybridized carbons (Fsp3) is 0.857. The van der Waals surface area contributed by atoms with Crippen LogP contribution in [0, 0.1) is 11.8 Å². The first-order valence-electron chi connectivity index (χ1n) is 6.97. The highest BCUT2D eigenvalue weighted by molar-refractivity contribution is 5.75. The predicted molar refractivity (Wildman–Crippen MR) is 69.8 cm³/mol. The van der Waals surface area contributed by atoms with Gasteiger partial charge in [-0.2, -0.15) is 0 Å². The van der Waals surface area contributed by atoms with Crippen LogP contribution in [0.15, 0.2) is 0 Å². The number of alkyl carbamates (subject to hydrolysis) is 1. The van der Waals surface area contributed by atoms with E-state index in [9.17, 15) is 9.59 Å². The molecule has 0 spiro atoms. The van der Waals surface area contributed by atoms with Crippen molar-refractivity contribution in [1.82, 2.24) is 5.32 Å². The Bertz CT molecular complexity index is 379. The first-order valence-corrected chi connectivity index (χ1v) is 6.97. The first kappa shape index (κ1) is 14.2. The number of aliphatic carboxylic acids is 1. The summed E-state index contributed by atoms with van der Waals surface area (Å²) < 4.78 is 5.30. The third-order valence-electron chi connectivity index (χ3n) is 4.06. The van der Waals surface area contributed by atoms with Gasteiger partial charge in [0.05, 0.1) is 5.92 Å². The van der Waals surface area contributed by atoms with Gasteiger partial charge in [0.1, 0.15) is 5.60 Å². The summed E-state index contributed by atoms with van der Waals surface area (Å²) in [5.74, 6) is -0.977. The van der Waals surface area contributed by atoms with Crippen molar-refractivity contribution in [2.45, 2.75) is 64.0 Å². The fourth-order valence-corrected chi connectivity index (χ4v) is 3.18. The third-order valence-corrected chi connectivity index (χ3v) is 4.06. The lowest BCUT2D eigenvalue weighted by atomic mass is 9.90. The Morgan fingerprint density at radius 3 is 2.26 bits per heavy atom. The highest BCUT2D eigenvalue weighted by atomic mass is 16.6. The number of carboxylic acid groups (broad SMARTS) is 1. The SMILES string of the molecule is CC(C)(C)OC(=O)NC1([C@@H]2C[C@H]2C(=O)O)CCCC1. The van der Waals surface area contributed by atoms with Crippen LogP contribution in [0.25, 0.3) is 0 Å². The van der Waals surface area contributed by atoms with Crippen LogP contribution in [-0.4, -0.2) is 28.3 Å². The van der Waals surface area contributed by atoms with Gasteiger partial charge in [-0.05, 0) is 46.0 Å². The van der Waals surface area contributed by atoms with E-state index in [1.165, 1.54) is 0 Å². The Morgan fingerprint density at radius 2 is 1.84 bits per heavy atom. The van der Waals surface area contributed by atoms with Crippen LogP contribution in [0.1, 0.15) is 52.9 Å². The Labute approximate surface area is 113 Å². The quantitative estimate of drug-likeness (QED) is 0.825. The van der Waals surface area contributed by atoms with E-state index in [1.807, 2.05) is 20.8 Å². The summed E-state index contributed by atoms with van der Waals surface area (Å²) >= 11 is 0. The van der Waals surface area contributed by atoms with Crippen LogP contribution >= 0.6 is 0 Å². The van der Waals surface area contributed by atoms with Crippen molar-refractivity contribution in [3.05, 3.63) is 0 Å². The highest BCUT2D eigenvalue weighted by Gasteiger charge is 2.57. The second kappa shape index (κ2) is 4.69. The number of hydrogen-bond acceptors (Lipinski definition) is 3. The van der Waals surface area contributed by atoms with Crippen LogP contribution in [0.3, 0.4) is 0 Å². The summed E-state index contributed by atoms with van der Waals surface area (Å²) in [7, 11) is 0. The van der Waals surface area contributed by atoms with E-state index in [0.29, 0.717) is 6.42 Å². The number of nitrogens with one attached hydrogen (secondary N) is 1. The number of carbonyl (C=O) groups excluding carboxylic acids is 1. The molecule has 5 nitrogen and oxygen atoms in total. The number of carboxylic acids is 1. The van der Waals surface area contributed by atoms with Crippen molar-refractivity contribution in [3.8, 4) is 0 Å². The van der Waals surface area contributed by atoms with Gasteiger partial charge < -0.3 is 15.2 Å². The van der Waals surface area contributed by atoms with Crippen molar-refractivity contribution in [2.24, 2.45) is 11.8 Å². The van der Waals surface area contributed by atoms with E-state index in [4.69, 9.17) is 9.84 Å². The van der Waals surface area contributed by atoms with Crippen LogP contribution in [0.5, 0.6) is 0 Å². The summed E-state index contributed by atoms with van der Waals surface area (Å²) in [6.45, 7) is 5.47. The zero-order chi connectivity index (χ0) is 14.3. The Kier molecular flexibility index (Phi) is 3.49. The Balaban J connectivity index is 2.01. The molecule has 2 rings (SSSR count). The molecule has 1 amide bonds. The van der Waals surface area contributed by atoms with Crippen molar-refractivity contribution in [2.75, 3.05) is 0 Å². The molecule has 0 saturated heterocycles. The summed E-state index contributed by atoms with van der Waals surface area (Å²) in [6, 6.07) is 0. The monoisotopic (exact) mass is 269 g/mol. The maximum atomic E-state index is 11.9. The second-order valence-corrected chi connectivity index (χ2v) is 6.78. The maximum Gasteiger partial charge on any atom is 0.408 e. The number of hydrogen-bond donors (Lipinski definition) is 2. The van der Waals surface area contributed by atoms with Gasteiger partial charge in [-0.25, -0.2) is 4.79 Å². The predicted octanol–water partition coefficient (Wildman–Crippen LogP) is 2.54. The molecule has 2 aliphatic carbocycles. The van der Waals surface area contributed by atoms with E-state index in [2.05, 4.69) is 5.32 Å². The van der Waals surface area contributed by atoms with Crippen molar-refractivity contribution < 1.29 is 19.4 Å². The smallest absolute Gasteiger partial charge is 0.408 e. The molecule has 0 aliphatic heterocycles. The Morgan fingerprint density at radius 1 is 1.26 bits per heavy atom. The molecule has 2 saturated carbocycles. The average molecular weight is 269 g/mol. The molecule has 0 aromatic rings. The van der Waals surface area contributed by atoms with Crippen LogP contribution < -0.4 is 5.32 Å². The zero-order valence-electron chi connectivity index (χ0n) is 11.9. The molecule has 0 heterocycles. The lowest BCUT2D eigenvalue weighted by Gasteiger charge is -2.32. The van der Waals surface area contributed by atoms with Crippen molar-refractivity contribution in [3.63, 3.8) is 0 Å².